The van der Waals surface area contributed by atoms with Gasteiger partial charge in [-0.05, 0) is 55.6 Å². The molecule has 0 amide bonds. The van der Waals surface area contributed by atoms with Gasteiger partial charge in [0, 0.05) is 18.9 Å². The van der Waals surface area contributed by atoms with Crippen LogP contribution in [0.4, 0.5) is 5.82 Å². The van der Waals surface area contributed by atoms with Crippen LogP contribution in [0, 0.1) is 17.8 Å². The molecule has 2 aliphatic rings. The van der Waals surface area contributed by atoms with Gasteiger partial charge in [0.1, 0.15) is 11.3 Å². The van der Waals surface area contributed by atoms with E-state index in [0.717, 1.165) is 41.3 Å². The summed E-state index contributed by atoms with van der Waals surface area (Å²) >= 11 is 0. The summed E-state index contributed by atoms with van der Waals surface area (Å²) in [5.74, 6) is 3.74. The van der Waals surface area contributed by atoms with E-state index in [1.165, 1.54) is 25.7 Å². The number of hydrogen-bond donors (Lipinski definition) is 1. The molecule has 2 fully saturated rings. The first kappa shape index (κ1) is 11.1. The molecule has 2 aromatic heterocycles. The van der Waals surface area contributed by atoms with E-state index in [0.29, 0.717) is 0 Å². The summed E-state index contributed by atoms with van der Waals surface area (Å²) in [5.41, 5.74) is 1.58. The van der Waals surface area contributed by atoms with Crippen LogP contribution in [0.1, 0.15) is 25.7 Å². The van der Waals surface area contributed by atoms with E-state index in [1.54, 1.807) is 12.4 Å². The topological polar surface area (TPSA) is 50.7 Å². The minimum atomic E-state index is 0.724. The predicted octanol–water partition coefficient (Wildman–Crippen LogP) is 2.87. The largest absolute Gasteiger partial charge is 0.370 e. The van der Waals surface area contributed by atoms with E-state index >= 15 is 0 Å². The zero-order valence-corrected chi connectivity index (χ0v) is 10.9. The van der Waals surface area contributed by atoms with Crippen molar-refractivity contribution < 1.29 is 0 Å². The summed E-state index contributed by atoms with van der Waals surface area (Å²) < 4.78 is 0. The van der Waals surface area contributed by atoms with Crippen molar-refractivity contribution in [2.24, 2.45) is 17.8 Å². The smallest absolute Gasteiger partial charge is 0.180 e. The minimum Gasteiger partial charge on any atom is -0.370 e. The molecule has 4 rings (SSSR count). The van der Waals surface area contributed by atoms with Gasteiger partial charge in [0.2, 0.25) is 0 Å². The van der Waals surface area contributed by atoms with Gasteiger partial charge in [0.25, 0.3) is 0 Å². The van der Waals surface area contributed by atoms with E-state index in [-0.39, 0.29) is 0 Å². The molecule has 0 aromatic carbocycles. The van der Waals surface area contributed by atoms with Crippen LogP contribution in [0.2, 0.25) is 0 Å². The second kappa shape index (κ2) is 4.44. The lowest BCUT2D eigenvalue weighted by Gasteiger charge is -2.16. The van der Waals surface area contributed by atoms with Crippen molar-refractivity contribution in [2.45, 2.75) is 25.7 Å². The van der Waals surface area contributed by atoms with Gasteiger partial charge in [-0.2, -0.15) is 0 Å². The third-order valence-corrected chi connectivity index (χ3v) is 4.31. The number of hydrogen-bond acceptors (Lipinski definition) is 4. The maximum Gasteiger partial charge on any atom is 0.180 e. The molecule has 2 saturated carbocycles. The van der Waals surface area contributed by atoms with Crippen LogP contribution < -0.4 is 5.32 Å². The van der Waals surface area contributed by atoms with E-state index in [4.69, 9.17) is 0 Å². The predicted molar refractivity (Wildman–Crippen MR) is 74.8 cm³/mol. The van der Waals surface area contributed by atoms with E-state index in [2.05, 4.69) is 20.3 Å². The van der Waals surface area contributed by atoms with Gasteiger partial charge in [-0.1, -0.05) is 0 Å². The molecule has 4 nitrogen and oxygen atoms in total. The number of fused-ring (bicyclic) bond motifs is 1. The number of anilines is 1. The van der Waals surface area contributed by atoms with Crippen molar-refractivity contribution in [3.8, 4) is 0 Å². The van der Waals surface area contributed by atoms with Gasteiger partial charge < -0.3 is 5.32 Å². The van der Waals surface area contributed by atoms with Crippen LogP contribution >= 0.6 is 0 Å². The number of nitrogens with zero attached hydrogens (tertiary/aromatic N) is 3. The molecule has 2 heterocycles. The Hall–Kier alpha value is -1.71. The molecule has 2 aromatic rings. The molecular formula is C15H18N4. The second-order valence-electron chi connectivity index (χ2n) is 5.82. The first-order chi connectivity index (χ1) is 9.40. The molecule has 0 spiro atoms. The van der Waals surface area contributed by atoms with Crippen LogP contribution in [-0.4, -0.2) is 21.5 Å². The van der Waals surface area contributed by atoms with Crippen molar-refractivity contribution in [1.29, 1.82) is 0 Å². The van der Waals surface area contributed by atoms with Crippen molar-refractivity contribution in [3.63, 3.8) is 0 Å². The minimum absolute atomic E-state index is 0.724. The van der Waals surface area contributed by atoms with Gasteiger partial charge in [0.05, 0.1) is 0 Å². The van der Waals surface area contributed by atoms with E-state index in [1.807, 2.05) is 12.1 Å². The monoisotopic (exact) mass is 254 g/mol. The maximum absolute atomic E-state index is 4.52. The van der Waals surface area contributed by atoms with Gasteiger partial charge >= 0.3 is 0 Å². The Labute approximate surface area is 112 Å². The molecule has 4 heteroatoms. The average Bonchev–Trinajstić information content (AvgIpc) is 3.32. The van der Waals surface area contributed by atoms with Gasteiger partial charge in [-0.25, -0.2) is 9.97 Å². The summed E-state index contributed by atoms with van der Waals surface area (Å²) in [7, 11) is 0. The van der Waals surface area contributed by atoms with Gasteiger partial charge in [-0.3, -0.25) is 4.98 Å². The first-order valence-corrected chi connectivity index (χ1v) is 7.22. The molecule has 0 saturated heterocycles. The highest BCUT2D eigenvalue weighted by Gasteiger charge is 2.40. The van der Waals surface area contributed by atoms with E-state index < -0.39 is 0 Å². The number of nitrogens with one attached hydrogen (secondary N) is 1. The molecule has 0 radical (unpaired) electrons. The Balaban J connectivity index is 1.48. The molecule has 0 atom stereocenters. The Morgan fingerprint density at radius 2 is 1.79 bits per heavy atom. The summed E-state index contributed by atoms with van der Waals surface area (Å²) in [6, 6.07) is 3.99. The van der Waals surface area contributed by atoms with Crippen LogP contribution in [0.15, 0.2) is 24.5 Å². The van der Waals surface area contributed by atoms with Crippen molar-refractivity contribution >= 4 is 17.0 Å². The SMILES string of the molecule is c1cnc2nc(NCC(C3CC3)C3CC3)ccc2n1. The lowest BCUT2D eigenvalue weighted by atomic mass is 9.98. The van der Waals surface area contributed by atoms with E-state index in [9.17, 15) is 0 Å². The van der Waals surface area contributed by atoms with Crippen LogP contribution in [0.3, 0.4) is 0 Å². The molecule has 1 N–H and O–H groups in total. The Bertz CT molecular complexity index is 577. The number of pyridine rings is 1. The Morgan fingerprint density at radius 1 is 1.05 bits per heavy atom. The van der Waals surface area contributed by atoms with Crippen molar-refractivity contribution in [1.82, 2.24) is 15.0 Å². The normalized spacial score (nSPS) is 19.0. The molecule has 98 valence electrons. The number of rotatable bonds is 5. The lowest BCUT2D eigenvalue weighted by molar-refractivity contribution is 0.428. The first-order valence-electron chi connectivity index (χ1n) is 7.22. The zero-order chi connectivity index (χ0) is 12.7. The van der Waals surface area contributed by atoms with Crippen LogP contribution in [0.5, 0.6) is 0 Å². The molecule has 2 aliphatic carbocycles. The summed E-state index contributed by atoms with van der Waals surface area (Å²) in [4.78, 5) is 13.0. The standard InChI is InChI=1S/C15H18N4/c1-2-10(1)12(11-3-4-11)9-18-14-6-5-13-15(19-14)17-8-7-16-13/h5-8,10-12H,1-4,9H2,(H,17,18,19). The van der Waals surface area contributed by atoms with Crippen LogP contribution in [-0.2, 0) is 0 Å². The fourth-order valence-electron chi connectivity index (χ4n) is 2.94. The summed E-state index contributed by atoms with van der Waals surface area (Å²) in [5, 5.41) is 3.50. The molecule has 0 aliphatic heterocycles. The summed E-state index contributed by atoms with van der Waals surface area (Å²) in [6.07, 6.45) is 9.11. The summed E-state index contributed by atoms with van der Waals surface area (Å²) in [6.45, 7) is 1.06. The highest BCUT2D eigenvalue weighted by atomic mass is 15.0. The third-order valence-electron chi connectivity index (χ3n) is 4.31. The molecule has 0 unspecified atom stereocenters. The van der Waals surface area contributed by atoms with Crippen molar-refractivity contribution in [2.75, 3.05) is 11.9 Å². The maximum atomic E-state index is 4.52. The second-order valence-corrected chi connectivity index (χ2v) is 5.82. The lowest BCUT2D eigenvalue weighted by Crippen LogP contribution is -2.18. The number of aromatic nitrogens is 3. The Kier molecular flexibility index (Phi) is 2.60. The van der Waals surface area contributed by atoms with Crippen LogP contribution in [0.25, 0.3) is 11.2 Å². The highest BCUT2D eigenvalue weighted by molar-refractivity contribution is 5.71. The van der Waals surface area contributed by atoms with Gasteiger partial charge in [0.15, 0.2) is 5.65 Å². The Morgan fingerprint density at radius 3 is 2.53 bits per heavy atom. The molecule has 0 bridgehead atoms. The molecule has 19 heavy (non-hydrogen) atoms. The van der Waals surface area contributed by atoms with Gasteiger partial charge in [-0.15, -0.1) is 0 Å². The quantitative estimate of drug-likeness (QED) is 0.891. The fourth-order valence-corrected chi connectivity index (χ4v) is 2.94. The highest BCUT2D eigenvalue weighted by Crippen LogP contribution is 2.49. The third kappa shape index (κ3) is 2.39. The average molecular weight is 254 g/mol. The zero-order valence-electron chi connectivity index (χ0n) is 10.9. The molecular weight excluding hydrogens is 236 g/mol. The fraction of sp³-hybridized carbons (Fsp3) is 0.533. The van der Waals surface area contributed by atoms with Crippen molar-refractivity contribution in [3.05, 3.63) is 24.5 Å².